The van der Waals surface area contributed by atoms with Crippen molar-refractivity contribution in [2.75, 3.05) is 46.4 Å². The summed E-state index contributed by atoms with van der Waals surface area (Å²) in [5.74, 6) is 0.718. The summed E-state index contributed by atoms with van der Waals surface area (Å²) in [7, 11) is 2.17. The Balaban J connectivity index is 1.22. The van der Waals surface area contributed by atoms with E-state index in [2.05, 4.69) is 39.0 Å². The molecule has 2 aromatic heterocycles. The Hall–Kier alpha value is -2.85. The quantitative estimate of drug-likeness (QED) is 0.458. The van der Waals surface area contributed by atoms with Gasteiger partial charge in [-0.3, -0.25) is 9.80 Å². The van der Waals surface area contributed by atoms with Crippen LogP contribution in [0, 0.1) is 0 Å². The highest BCUT2D eigenvalue weighted by molar-refractivity contribution is 7.13. The Morgan fingerprint density at radius 2 is 1.97 bits per heavy atom. The van der Waals surface area contributed by atoms with Crippen molar-refractivity contribution in [2.24, 2.45) is 0 Å². The van der Waals surface area contributed by atoms with Crippen LogP contribution >= 0.6 is 22.9 Å². The molecule has 3 aliphatic rings. The maximum Gasteiger partial charge on any atom is 0.410 e. The van der Waals surface area contributed by atoms with Gasteiger partial charge in [-0.05, 0) is 50.1 Å². The van der Waals surface area contributed by atoms with Gasteiger partial charge in [0.05, 0.1) is 12.0 Å². The molecule has 0 radical (unpaired) electrons. The lowest BCUT2D eigenvalue weighted by Crippen LogP contribution is -2.43. The van der Waals surface area contributed by atoms with Crippen molar-refractivity contribution in [3.05, 3.63) is 62.7 Å². The highest BCUT2D eigenvalue weighted by Crippen LogP contribution is 2.35. The van der Waals surface area contributed by atoms with Crippen LogP contribution < -0.4 is 15.3 Å². The third kappa shape index (κ3) is 5.59. The van der Waals surface area contributed by atoms with E-state index in [1.807, 2.05) is 42.3 Å². The van der Waals surface area contributed by atoms with Crippen molar-refractivity contribution >= 4 is 41.2 Å². The van der Waals surface area contributed by atoms with E-state index in [1.54, 1.807) is 11.3 Å². The molecule has 2 atom stereocenters. The molecule has 1 fully saturated rings. The third-order valence-electron chi connectivity index (χ3n) is 7.70. The number of nitrogens with zero attached hydrogens (tertiary/aromatic N) is 4. The van der Waals surface area contributed by atoms with Crippen LogP contribution in [0.2, 0.25) is 0 Å². The van der Waals surface area contributed by atoms with E-state index < -0.39 is 0 Å². The van der Waals surface area contributed by atoms with Crippen molar-refractivity contribution in [3.63, 3.8) is 0 Å². The van der Waals surface area contributed by atoms with Gasteiger partial charge in [0.2, 0.25) is 0 Å². The number of halogens is 1. The van der Waals surface area contributed by atoms with Gasteiger partial charge < -0.3 is 19.4 Å². The average Bonchev–Trinajstić information content (AvgIpc) is 3.53. The number of benzene rings is 1. The normalized spacial score (nSPS) is 21.5. The second-order valence-electron chi connectivity index (χ2n) is 10.4. The second-order valence-corrected chi connectivity index (χ2v) is 12.0. The second kappa shape index (κ2) is 11.3. The molecule has 1 aromatic carbocycles. The minimum atomic E-state index is -0.306. The Bertz CT molecular complexity index is 1440. The Morgan fingerprint density at radius 3 is 2.74 bits per heavy atom. The summed E-state index contributed by atoms with van der Waals surface area (Å²) < 4.78 is 11.5. The number of piperazine rings is 1. The number of H-pyrrole nitrogens is 1. The van der Waals surface area contributed by atoms with Gasteiger partial charge in [-0.15, -0.1) is 11.6 Å². The van der Waals surface area contributed by atoms with Crippen molar-refractivity contribution in [1.82, 2.24) is 24.7 Å². The molecular formula is C29H34ClN5O3S. The van der Waals surface area contributed by atoms with Crippen LogP contribution in [0.25, 0.3) is 12.2 Å². The summed E-state index contributed by atoms with van der Waals surface area (Å²) in [6.45, 7) is 7.99. The number of aromatic nitrogens is 2. The van der Waals surface area contributed by atoms with E-state index in [0.717, 1.165) is 67.9 Å². The number of rotatable bonds is 6. The van der Waals surface area contributed by atoms with E-state index in [9.17, 15) is 4.79 Å². The fourth-order valence-electron chi connectivity index (χ4n) is 5.65. The van der Waals surface area contributed by atoms with Crippen molar-refractivity contribution in [1.29, 1.82) is 0 Å². The molecule has 1 amide bonds. The molecule has 0 spiro atoms. The number of amides is 1. The van der Waals surface area contributed by atoms with E-state index >= 15 is 0 Å². The van der Waals surface area contributed by atoms with Crippen molar-refractivity contribution in [2.45, 2.75) is 37.7 Å². The SMILES string of the molecule is CCOC(=O)N1CCc2c([nH]c3c2=CC(Cl)CC=3)[C@@H]1c1ccc(Oc2ncc(CN3CCN(C)CC3)s2)cc1. The van der Waals surface area contributed by atoms with E-state index in [-0.39, 0.29) is 17.5 Å². The highest BCUT2D eigenvalue weighted by atomic mass is 35.5. The number of thiazole rings is 1. The number of hydrogen-bond donors (Lipinski definition) is 1. The van der Waals surface area contributed by atoms with Gasteiger partial charge in [0.15, 0.2) is 0 Å². The van der Waals surface area contributed by atoms with Crippen LogP contribution in [0.1, 0.15) is 41.1 Å². The average molecular weight is 568 g/mol. The van der Waals surface area contributed by atoms with Gasteiger partial charge in [0.25, 0.3) is 5.19 Å². The number of hydrogen-bond acceptors (Lipinski definition) is 7. The topological polar surface area (TPSA) is 73.9 Å². The summed E-state index contributed by atoms with van der Waals surface area (Å²) in [4.78, 5) is 28.9. The van der Waals surface area contributed by atoms with Crippen LogP contribution in [0.3, 0.4) is 0 Å². The summed E-state index contributed by atoms with van der Waals surface area (Å²) >= 11 is 8.04. The number of aromatic amines is 1. The Labute approximate surface area is 237 Å². The molecular weight excluding hydrogens is 534 g/mol. The predicted octanol–water partition coefficient (Wildman–Crippen LogP) is 3.69. The van der Waals surface area contributed by atoms with Gasteiger partial charge in [-0.25, -0.2) is 9.78 Å². The summed E-state index contributed by atoms with van der Waals surface area (Å²) in [5.41, 5.74) is 3.25. The summed E-state index contributed by atoms with van der Waals surface area (Å²) in [6, 6.07) is 7.67. The van der Waals surface area contributed by atoms with Gasteiger partial charge >= 0.3 is 6.09 Å². The van der Waals surface area contributed by atoms with Crippen LogP contribution in [-0.4, -0.2) is 82.5 Å². The molecule has 6 rings (SSSR count). The molecule has 1 N–H and O–H groups in total. The number of ether oxygens (including phenoxy) is 2. The van der Waals surface area contributed by atoms with Gasteiger partial charge in [-0.2, -0.15) is 0 Å². The fourth-order valence-corrected chi connectivity index (χ4v) is 6.69. The number of carbonyl (C=O) groups excluding carboxylic acids is 1. The first-order valence-corrected chi connectivity index (χ1v) is 14.9. The first-order valence-electron chi connectivity index (χ1n) is 13.6. The number of likely N-dealkylation sites (N-methyl/N-ethyl adjacent to an activating group) is 1. The fraction of sp³-hybridized carbons (Fsp3) is 0.448. The Kier molecular flexibility index (Phi) is 7.66. The minimum Gasteiger partial charge on any atom is -0.450 e. The van der Waals surface area contributed by atoms with Gasteiger partial charge in [0.1, 0.15) is 11.8 Å². The summed E-state index contributed by atoms with van der Waals surface area (Å²) in [6.07, 6.45) is 7.44. The molecule has 8 nitrogen and oxygen atoms in total. The van der Waals surface area contributed by atoms with E-state index in [0.29, 0.717) is 18.3 Å². The predicted molar refractivity (Wildman–Crippen MR) is 154 cm³/mol. The maximum absolute atomic E-state index is 13.0. The van der Waals surface area contributed by atoms with E-state index in [4.69, 9.17) is 21.1 Å². The lowest BCUT2D eigenvalue weighted by atomic mass is 9.92. The molecule has 2 aliphatic heterocycles. The zero-order valence-electron chi connectivity index (χ0n) is 22.4. The van der Waals surface area contributed by atoms with Crippen LogP contribution in [0.5, 0.6) is 10.9 Å². The standard InChI is InChI=1S/C29H34ClN5O3S/c1-3-37-29(36)35-11-10-23-24-16-20(30)6-9-25(24)32-26(23)27(35)19-4-7-21(8-5-19)38-28-31-17-22(39-28)18-34-14-12-33(2)13-15-34/h4-5,7-9,16-17,20,27,32H,3,6,10-15,18H2,1-2H3/t20?,27-/m0/s1. The van der Waals surface area contributed by atoms with Gasteiger partial charge in [0, 0.05) is 66.6 Å². The van der Waals surface area contributed by atoms with E-state index in [1.165, 1.54) is 15.7 Å². The number of nitrogens with one attached hydrogen (secondary N) is 1. The van der Waals surface area contributed by atoms with Gasteiger partial charge in [-0.1, -0.05) is 35.6 Å². The van der Waals surface area contributed by atoms with Crippen LogP contribution in [-0.2, 0) is 17.7 Å². The first-order chi connectivity index (χ1) is 19.0. The molecule has 1 saturated heterocycles. The number of alkyl halides is 1. The lowest BCUT2D eigenvalue weighted by Gasteiger charge is -2.35. The van der Waals surface area contributed by atoms with Crippen LogP contribution in [0.15, 0.2) is 30.5 Å². The molecule has 1 aliphatic carbocycles. The molecule has 39 heavy (non-hydrogen) atoms. The Morgan fingerprint density at radius 1 is 1.18 bits per heavy atom. The zero-order chi connectivity index (χ0) is 26.9. The zero-order valence-corrected chi connectivity index (χ0v) is 23.9. The molecule has 0 bridgehead atoms. The largest absolute Gasteiger partial charge is 0.450 e. The summed E-state index contributed by atoms with van der Waals surface area (Å²) in [5, 5.41) is 2.88. The number of fused-ring (bicyclic) bond motifs is 3. The first kappa shape index (κ1) is 26.4. The lowest BCUT2D eigenvalue weighted by molar-refractivity contribution is 0.0930. The molecule has 10 heteroatoms. The minimum absolute atomic E-state index is 0.0108. The van der Waals surface area contributed by atoms with Crippen LogP contribution in [0.4, 0.5) is 4.79 Å². The monoisotopic (exact) mass is 567 g/mol. The third-order valence-corrected chi connectivity index (χ3v) is 8.87. The molecule has 0 saturated carbocycles. The molecule has 4 heterocycles. The van der Waals surface area contributed by atoms with Crippen molar-refractivity contribution in [3.8, 4) is 10.9 Å². The smallest absolute Gasteiger partial charge is 0.410 e. The number of carbonyl (C=O) groups is 1. The molecule has 1 unspecified atom stereocenters. The maximum atomic E-state index is 13.0. The molecule has 206 valence electrons. The molecule has 3 aromatic rings. The highest BCUT2D eigenvalue weighted by Gasteiger charge is 2.35. The van der Waals surface area contributed by atoms with Crippen molar-refractivity contribution < 1.29 is 14.3 Å².